The van der Waals surface area contributed by atoms with Crippen LogP contribution in [0.25, 0.3) is 0 Å². The Morgan fingerprint density at radius 2 is 2.06 bits per heavy atom. The largest absolute Gasteiger partial charge is 0.490 e. The Balaban J connectivity index is 2.94. The van der Waals surface area contributed by atoms with Crippen LogP contribution < -0.4 is 14.8 Å². The molecule has 0 aliphatic carbocycles. The van der Waals surface area contributed by atoms with E-state index in [1.807, 2.05) is 26.1 Å². The van der Waals surface area contributed by atoms with Crippen LogP contribution in [0.3, 0.4) is 0 Å². The van der Waals surface area contributed by atoms with E-state index in [9.17, 15) is 0 Å². The zero-order valence-corrected chi connectivity index (χ0v) is 12.0. The van der Waals surface area contributed by atoms with E-state index in [0.717, 1.165) is 36.4 Å². The predicted molar refractivity (Wildman–Crippen MR) is 75.4 cm³/mol. The third-order valence-corrected chi connectivity index (χ3v) is 2.74. The van der Waals surface area contributed by atoms with Gasteiger partial charge in [0.15, 0.2) is 11.5 Å². The molecule has 0 amide bonds. The van der Waals surface area contributed by atoms with Crippen LogP contribution in [-0.4, -0.2) is 19.8 Å². The third kappa shape index (κ3) is 4.22. The molecule has 0 saturated carbocycles. The van der Waals surface area contributed by atoms with Crippen molar-refractivity contribution in [2.75, 3.05) is 13.7 Å². The number of nitrogens with one attached hydrogen (secondary N) is 1. The van der Waals surface area contributed by atoms with E-state index in [0.29, 0.717) is 6.61 Å². The number of ether oxygens (including phenoxy) is 2. The molecule has 1 N–H and O–H groups in total. The minimum atomic E-state index is 0.215. The van der Waals surface area contributed by atoms with Gasteiger partial charge in [0.05, 0.1) is 12.7 Å². The lowest BCUT2D eigenvalue weighted by Gasteiger charge is -2.20. The molecule has 102 valence electrons. The normalized spacial score (nSPS) is 12.2. The van der Waals surface area contributed by atoms with Crippen LogP contribution in [0.15, 0.2) is 18.2 Å². The van der Waals surface area contributed by atoms with Crippen molar-refractivity contribution in [2.24, 2.45) is 0 Å². The van der Waals surface area contributed by atoms with Gasteiger partial charge < -0.3 is 14.8 Å². The molecule has 0 bridgehead atoms. The summed E-state index contributed by atoms with van der Waals surface area (Å²) in [7, 11) is 1.94. The zero-order valence-electron chi connectivity index (χ0n) is 12.0. The van der Waals surface area contributed by atoms with Crippen LogP contribution in [0.4, 0.5) is 0 Å². The van der Waals surface area contributed by atoms with E-state index >= 15 is 0 Å². The number of rotatable bonds is 8. The fourth-order valence-corrected chi connectivity index (χ4v) is 1.96. The maximum Gasteiger partial charge on any atom is 0.166 e. The van der Waals surface area contributed by atoms with Crippen molar-refractivity contribution in [1.82, 2.24) is 5.32 Å². The van der Waals surface area contributed by atoms with Crippen molar-refractivity contribution < 1.29 is 9.47 Å². The van der Waals surface area contributed by atoms with Gasteiger partial charge in [-0.25, -0.2) is 0 Å². The number of hydrogen-bond acceptors (Lipinski definition) is 3. The summed E-state index contributed by atoms with van der Waals surface area (Å²) in [5.41, 5.74) is 1.14. The Morgan fingerprint density at radius 1 is 1.28 bits per heavy atom. The van der Waals surface area contributed by atoms with E-state index < -0.39 is 0 Å². The highest BCUT2D eigenvalue weighted by Crippen LogP contribution is 2.32. The SMILES string of the molecule is CCCC(C)Oc1c(CNC)cccc1OCC. The van der Waals surface area contributed by atoms with Crippen molar-refractivity contribution in [2.45, 2.75) is 46.3 Å². The van der Waals surface area contributed by atoms with Gasteiger partial charge in [-0.2, -0.15) is 0 Å². The molecule has 1 aromatic rings. The number of para-hydroxylation sites is 1. The molecule has 0 aromatic heterocycles. The van der Waals surface area contributed by atoms with Crippen molar-refractivity contribution >= 4 is 0 Å². The van der Waals surface area contributed by atoms with Crippen LogP contribution in [0.1, 0.15) is 39.2 Å². The molecule has 0 saturated heterocycles. The molecule has 0 aliphatic rings. The van der Waals surface area contributed by atoms with E-state index in [4.69, 9.17) is 9.47 Å². The summed E-state index contributed by atoms with van der Waals surface area (Å²) >= 11 is 0. The van der Waals surface area contributed by atoms with Gasteiger partial charge in [0.2, 0.25) is 0 Å². The molecule has 18 heavy (non-hydrogen) atoms. The Hall–Kier alpha value is -1.22. The summed E-state index contributed by atoms with van der Waals surface area (Å²) in [6, 6.07) is 6.05. The maximum atomic E-state index is 6.06. The van der Waals surface area contributed by atoms with E-state index in [1.54, 1.807) is 0 Å². The van der Waals surface area contributed by atoms with E-state index in [2.05, 4.69) is 25.2 Å². The fourth-order valence-electron chi connectivity index (χ4n) is 1.96. The van der Waals surface area contributed by atoms with Crippen LogP contribution >= 0.6 is 0 Å². The first-order chi connectivity index (χ1) is 8.72. The summed E-state index contributed by atoms with van der Waals surface area (Å²) in [5.74, 6) is 1.72. The predicted octanol–water partition coefficient (Wildman–Crippen LogP) is 3.37. The second-order valence-corrected chi connectivity index (χ2v) is 4.42. The van der Waals surface area contributed by atoms with Crippen LogP contribution in [0.5, 0.6) is 11.5 Å². The molecule has 0 aliphatic heterocycles. The highest BCUT2D eigenvalue weighted by atomic mass is 16.5. The summed E-state index contributed by atoms with van der Waals surface area (Å²) in [6.07, 6.45) is 2.39. The van der Waals surface area contributed by atoms with Gasteiger partial charge in [-0.1, -0.05) is 25.5 Å². The summed E-state index contributed by atoms with van der Waals surface area (Å²) in [6.45, 7) is 7.71. The number of hydrogen-bond donors (Lipinski definition) is 1. The summed E-state index contributed by atoms with van der Waals surface area (Å²) in [4.78, 5) is 0. The molecule has 0 spiro atoms. The Labute approximate surface area is 110 Å². The molecule has 3 nitrogen and oxygen atoms in total. The molecule has 0 fully saturated rings. The zero-order chi connectivity index (χ0) is 13.4. The van der Waals surface area contributed by atoms with Gasteiger partial charge in [-0.15, -0.1) is 0 Å². The lowest BCUT2D eigenvalue weighted by Crippen LogP contribution is -2.15. The Bertz CT molecular complexity index is 328. The lowest BCUT2D eigenvalue weighted by atomic mass is 10.1. The molecule has 1 aromatic carbocycles. The number of benzene rings is 1. The lowest BCUT2D eigenvalue weighted by molar-refractivity contribution is 0.194. The minimum absolute atomic E-state index is 0.215. The van der Waals surface area contributed by atoms with Crippen molar-refractivity contribution in [1.29, 1.82) is 0 Å². The minimum Gasteiger partial charge on any atom is -0.490 e. The van der Waals surface area contributed by atoms with Gasteiger partial charge in [-0.3, -0.25) is 0 Å². The first-order valence-electron chi connectivity index (χ1n) is 6.78. The van der Waals surface area contributed by atoms with Crippen molar-refractivity contribution in [3.8, 4) is 11.5 Å². The molecule has 1 rings (SSSR count). The average molecular weight is 251 g/mol. The summed E-state index contributed by atoms with van der Waals surface area (Å²) < 4.78 is 11.7. The average Bonchev–Trinajstić information content (AvgIpc) is 2.34. The second-order valence-electron chi connectivity index (χ2n) is 4.42. The molecular weight excluding hydrogens is 226 g/mol. The van der Waals surface area contributed by atoms with Gasteiger partial charge in [0.25, 0.3) is 0 Å². The van der Waals surface area contributed by atoms with E-state index in [-0.39, 0.29) is 6.10 Å². The van der Waals surface area contributed by atoms with Crippen LogP contribution in [0, 0.1) is 0 Å². The summed E-state index contributed by atoms with van der Waals surface area (Å²) in [5, 5.41) is 3.16. The first kappa shape index (κ1) is 14.8. The quantitative estimate of drug-likeness (QED) is 0.768. The first-order valence-corrected chi connectivity index (χ1v) is 6.78. The van der Waals surface area contributed by atoms with Gasteiger partial charge in [0.1, 0.15) is 0 Å². The molecule has 0 radical (unpaired) electrons. The molecule has 1 unspecified atom stereocenters. The third-order valence-electron chi connectivity index (χ3n) is 2.74. The molecular formula is C15H25NO2. The van der Waals surface area contributed by atoms with Gasteiger partial charge in [-0.05, 0) is 33.4 Å². The Morgan fingerprint density at radius 3 is 2.67 bits per heavy atom. The standard InChI is InChI=1S/C15H25NO2/c1-5-8-12(3)18-15-13(11-16-4)9-7-10-14(15)17-6-2/h7,9-10,12,16H,5-6,8,11H2,1-4H3. The van der Waals surface area contributed by atoms with Gasteiger partial charge >= 0.3 is 0 Å². The highest BCUT2D eigenvalue weighted by molar-refractivity contribution is 5.46. The van der Waals surface area contributed by atoms with Crippen molar-refractivity contribution in [3.05, 3.63) is 23.8 Å². The fraction of sp³-hybridized carbons (Fsp3) is 0.600. The highest BCUT2D eigenvalue weighted by Gasteiger charge is 2.13. The van der Waals surface area contributed by atoms with Gasteiger partial charge in [0, 0.05) is 12.1 Å². The van der Waals surface area contributed by atoms with Crippen LogP contribution in [0.2, 0.25) is 0 Å². The Kier molecular flexibility index (Phi) is 6.58. The topological polar surface area (TPSA) is 30.5 Å². The van der Waals surface area contributed by atoms with Crippen molar-refractivity contribution in [3.63, 3.8) is 0 Å². The van der Waals surface area contributed by atoms with E-state index in [1.165, 1.54) is 0 Å². The monoisotopic (exact) mass is 251 g/mol. The second kappa shape index (κ2) is 7.98. The molecule has 0 heterocycles. The molecule has 1 atom stereocenters. The smallest absolute Gasteiger partial charge is 0.166 e. The molecule has 3 heteroatoms. The maximum absolute atomic E-state index is 6.06. The van der Waals surface area contributed by atoms with Crippen LogP contribution in [-0.2, 0) is 6.54 Å².